The van der Waals surface area contributed by atoms with E-state index in [1.54, 1.807) is 19.1 Å². The Balaban J connectivity index is 1.75. The van der Waals surface area contributed by atoms with E-state index in [9.17, 15) is 14.0 Å². The van der Waals surface area contributed by atoms with E-state index in [0.717, 1.165) is 5.56 Å². The molecule has 2 aromatic rings. The lowest BCUT2D eigenvalue weighted by Gasteiger charge is -2.20. The summed E-state index contributed by atoms with van der Waals surface area (Å²) >= 11 is 0. The van der Waals surface area contributed by atoms with E-state index in [0.29, 0.717) is 31.5 Å². The lowest BCUT2D eigenvalue weighted by Crippen LogP contribution is -2.40. The highest BCUT2D eigenvalue weighted by Gasteiger charge is 2.33. The topological polar surface area (TPSA) is 110 Å². The Kier molecular flexibility index (Phi) is 5.24. The van der Waals surface area contributed by atoms with Gasteiger partial charge in [-0.15, -0.1) is 5.10 Å². The van der Waals surface area contributed by atoms with E-state index in [4.69, 9.17) is 5.11 Å². The molecule has 1 fully saturated rings. The summed E-state index contributed by atoms with van der Waals surface area (Å²) in [4.78, 5) is 23.9. The van der Waals surface area contributed by atoms with Gasteiger partial charge in [0.1, 0.15) is 17.7 Å². The molecule has 1 amide bonds. The normalized spacial score (nSPS) is 20.7. The van der Waals surface area contributed by atoms with E-state index in [1.165, 1.54) is 16.8 Å². The molecule has 1 heterocycles. The molecular weight excluding hydrogens is 341 g/mol. The molecule has 0 aliphatic heterocycles. The van der Waals surface area contributed by atoms with Crippen molar-refractivity contribution in [2.45, 2.75) is 44.7 Å². The number of carboxylic acid groups (broad SMARTS) is 1. The number of nitrogens with zero attached hydrogens (tertiary/aromatic N) is 4. The zero-order valence-corrected chi connectivity index (χ0v) is 14.3. The summed E-state index contributed by atoms with van der Waals surface area (Å²) in [7, 11) is 0. The Morgan fingerprint density at radius 2 is 2.08 bits per heavy atom. The minimum atomic E-state index is -0.832. The fraction of sp³-hybridized carbons (Fsp3) is 0.471. The van der Waals surface area contributed by atoms with Crippen LogP contribution in [0.1, 0.15) is 36.7 Å². The number of aromatic nitrogens is 4. The number of nitrogens with one attached hydrogen (secondary N) is 1. The van der Waals surface area contributed by atoms with Gasteiger partial charge in [0.05, 0.1) is 5.92 Å². The van der Waals surface area contributed by atoms with Gasteiger partial charge in [0.15, 0.2) is 0 Å². The number of hydrogen-bond acceptors (Lipinski definition) is 5. The lowest BCUT2D eigenvalue weighted by atomic mass is 10.0. The van der Waals surface area contributed by atoms with Crippen LogP contribution in [0, 0.1) is 18.7 Å². The highest BCUT2D eigenvalue weighted by Crippen LogP contribution is 2.26. The van der Waals surface area contributed by atoms with Gasteiger partial charge in [-0.2, -0.15) is 0 Å². The molecular formula is C17H20FN5O3. The van der Waals surface area contributed by atoms with Crippen LogP contribution in [0.25, 0.3) is 0 Å². The average molecular weight is 361 g/mol. The number of halogens is 1. The van der Waals surface area contributed by atoms with Crippen LogP contribution in [0.15, 0.2) is 24.3 Å². The Bertz CT molecular complexity index is 792. The second kappa shape index (κ2) is 7.59. The molecule has 2 N–H and O–H groups in total. The van der Waals surface area contributed by atoms with Crippen molar-refractivity contribution in [1.82, 2.24) is 25.5 Å². The first-order valence-corrected chi connectivity index (χ1v) is 8.46. The van der Waals surface area contributed by atoms with Crippen LogP contribution in [0.2, 0.25) is 0 Å². The molecule has 1 aliphatic rings. The van der Waals surface area contributed by atoms with Crippen molar-refractivity contribution < 1.29 is 19.1 Å². The molecule has 26 heavy (non-hydrogen) atoms. The van der Waals surface area contributed by atoms with Crippen LogP contribution in [0.3, 0.4) is 0 Å². The predicted molar refractivity (Wildman–Crippen MR) is 88.6 cm³/mol. The first-order valence-electron chi connectivity index (χ1n) is 8.46. The highest BCUT2D eigenvalue weighted by molar-refractivity contribution is 5.81. The summed E-state index contributed by atoms with van der Waals surface area (Å²) < 4.78 is 14.6. The second-order valence-electron chi connectivity index (χ2n) is 6.57. The smallest absolute Gasteiger partial charge is 0.306 e. The summed E-state index contributed by atoms with van der Waals surface area (Å²) in [5, 5.41) is 23.3. The zero-order chi connectivity index (χ0) is 18.7. The summed E-state index contributed by atoms with van der Waals surface area (Å²) in [5.41, 5.74) is 0.774. The number of benzene rings is 1. The van der Waals surface area contributed by atoms with Crippen LogP contribution >= 0.6 is 0 Å². The fourth-order valence-corrected chi connectivity index (χ4v) is 3.29. The number of carboxylic acids is 1. The molecule has 138 valence electrons. The Hall–Kier alpha value is -2.84. The summed E-state index contributed by atoms with van der Waals surface area (Å²) in [6, 6.07) is 5.03. The molecule has 0 bridgehead atoms. The number of carbonyl (C=O) groups is 2. The van der Waals surface area contributed by atoms with Gasteiger partial charge >= 0.3 is 5.97 Å². The van der Waals surface area contributed by atoms with Gasteiger partial charge in [-0.25, -0.2) is 9.07 Å². The molecule has 9 heteroatoms. The maximum absolute atomic E-state index is 13.1. The van der Waals surface area contributed by atoms with Crippen molar-refractivity contribution in [1.29, 1.82) is 0 Å². The van der Waals surface area contributed by atoms with Crippen LogP contribution in [-0.2, 0) is 16.0 Å². The predicted octanol–water partition coefficient (Wildman–Crippen LogP) is 1.27. The molecule has 8 nitrogen and oxygen atoms in total. The van der Waals surface area contributed by atoms with Gasteiger partial charge in [0, 0.05) is 12.5 Å². The number of tetrazole rings is 1. The first kappa shape index (κ1) is 18.0. The van der Waals surface area contributed by atoms with Crippen molar-refractivity contribution in [2.24, 2.45) is 5.92 Å². The largest absolute Gasteiger partial charge is 0.481 e. The monoisotopic (exact) mass is 361 g/mol. The molecule has 1 aromatic heterocycles. The molecule has 1 aliphatic carbocycles. The van der Waals surface area contributed by atoms with E-state index < -0.39 is 17.9 Å². The summed E-state index contributed by atoms with van der Waals surface area (Å²) in [5.74, 6) is -1.39. The number of aryl methyl sites for hydroxylation is 1. The standard InChI is InChI=1S/C17H20FN5O3/c1-10-20-21-22-23(10)15(8-11-2-5-13(18)6-3-11)16(24)19-14-7-4-12(9-14)17(25)26/h2-3,5-6,12,14-15H,4,7-9H2,1H3,(H,19,24)(H,25,26)/t12-,14+,15?/m0/s1. The number of hydrogen-bond donors (Lipinski definition) is 2. The first-order chi connectivity index (χ1) is 12.4. The van der Waals surface area contributed by atoms with Gasteiger partial charge in [-0.1, -0.05) is 12.1 Å². The van der Waals surface area contributed by atoms with Gasteiger partial charge in [0.25, 0.3) is 0 Å². The quantitative estimate of drug-likeness (QED) is 0.802. The lowest BCUT2D eigenvalue weighted by molar-refractivity contribution is -0.141. The van der Waals surface area contributed by atoms with Gasteiger partial charge in [-0.05, 0) is 54.3 Å². The fourth-order valence-electron chi connectivity index (χ4n) is 3.29. The third kappa shape index (κ3) is 4.04. The van der Waals surface area contributed by atoms with E-state index in [-0.39, 0.29) is 17.8 Å². The molecule has 0 spiro atoms. The molecule has 3 rings (SSSR count). The van der Waals surface area contributed by atoms with Gasteiger partial charge in [-0.3, -0.25) is 9.59 Å². The minimum absolute atomic E-state index is 0.184. The van der Waals surface area contributed by atoms with E-state index >= 15 is 0 Å². The van der Waals surface area contributed by atoms with E-state index in [2.05, 4.69) is 20.8 Å². The summed E-state index contributed by atoms with van der Waals surface area (Å²) in [6.07, 6.45) is 1.89. The van der Waals surface area contributed by atoms with Crippen molar-refractivity contribution in [3.63, 3.8) is 0 Å². The Labute approximate surface area is 149 Å². The van der Waals surface area contributed by atoms with Crippen LogP contribution in [0.5, 0.6) is 0 Å². The average Bonchev–Trinajstić information content (AvgIpc) is 3.23. The molecule has 0 saturated heterocycles. The summed E-state index contributed by atoms with van der Waals surface area (Å²) in [6.45, 7) is 1.70. The zero-order valence-electron chi connectivity index (χ0n) is 14.3. The highest BCUT2D eigenvalue weighted by atomic mass is 19.1. The second-order valence-corrected chi connectivity index (χ2v) is 6.57. The van der Waals surface area contributed by atoms with Crippen LogP contribution in [-0.4, -0.2) is 43.2 Å². The SMILES string of the molecule is Cc1nnnn1C(Cc1ccc(F)cc1)C(=O)N[C@@H]1CC[C@H](C(=O)O)C1. The third-order valence-corrected chi connectivity index (χ3v) is 4.73. The van der Waals surface area contributed by atoms with Crippen molar-refractivity contribution >= 4 is 11.9 Å². The van der Waals surface area contributed by atoms with Crippen molar-refractivity contribution in [3.05, 3.63) is 41.5 Å². The Morgan fingerprint density at radius 1 is 1.35 bits per heavy atom. The third-order valence-electron chi connectivity index (χ3n) is 4.73. The molecule has 3 atom stereocenters. The van der Waals surface area contributed by atoms with Crippen LogP contribution < -0.4 is 5.32 Å². The van der Waals surface area contributed by atoms with Crippen molar-refractivity contribution in [3.8, 4) is 0 Å². The number of rotatable bonds is 6. The molecule has 1 unspecified atom stereocenters. The maximum atomic E-state index is 13.1. The Morgan fingerprint density at radius 3 is 2.65 bits per heavy atom. The van der Waals surface area contributed by atoms with E-state index in [1.807, 2.05) is 0 Å². The number of aliphatic carboxylic acids is 1. The number of amides is 1. The molecule has 1 aromatic carbocycles. The molecule has 1 saturated carbocycles. The molecule has 0 radical (unpaired) electrons. The van der Waals surface area contributed by atoms with Gasteiger partial charge in [0.2, 0.25) is 5.91 Å². The maximum Gasteiger partial charge on any atom is 0.306 e. The minimum Gasteiger partial charge on any atom is -0.481 e. The van der Waals surface area contributed by atoms with Gasteiger partial charge < -0.3 is 10.4 Å². The van der Waals surface area contributed by atoms with Crippen LogP contribution in [0.4, 0.5) is 4.39 Å². The number of carbonyl (C=O) groups excluding carboxylic acids is 1. The van der Waals surface area contributed by atoms with Crippen molar-refractivity contribution in [2.75, 3.05) is 0 Å².